The second-order valence-electron chi connectivity index (χ2n) is 32.3. The first-order valence-corrected chi connectivity index (χ1v) is 44.0. The summed E-state index contributed by atoms with van der Waals surface area (Å²) in [4.78, 5) is 16.0. The van der Waals surface area contributed by atoms with Crippen LogP contribution in [0.5, 0.6) is 0 Å². The Morgan fingerprint density at radius 2 is 0.303 bits per heavy atom. The molecule has 0 atom stereocenters. The van der Waals surface area contributed by atoms with Crippen LogP contribution in [0.1, 0.15) is 0 Å². The maximum Gasteiger partial charge on any atom is 0.121 e. The summed E-state index contributed by atoms with van der Waals surface area (Å²) in [6.45, 7) is 0. The van der Waals surface area contributed by atoms with Gasteiger partial charge in [0, 0.05) is 79.0 Å². The lowest BCUT2D eigenvalue weighted by Crippen LogP contribution is -2.10. The third kappa shape index (κ3) is 15.7. The van der Waals surface area contributed by atoms with Crippen LogP contribution < -0.4 is 19.6 Å². The topological polar surface area (TPSA) is 136 Å². The van der Waals surface area contributed by atoms with Crippen molar-refractivity contribution < 1.29 is 0 Å². The van der Waals surface area contributed by atoms with E-state index in [0.29, 0.717) is 0 Å². The maximum absolute atomic E-state index is 4.90. The summed E-state index contributed by atoms with van der Waals surface area (Å²) in [6, 6.07) is 169. The SMILES string of the molecule is c1ccc(N(c2ccc(-c3ccc(N(c4ccccc4)c4ccc(-c5ccc(-n6nc7ccccc7n6)cc5)cc4)cc3)cc2)c2ccc(-c3ccc(-n4nc5ccccc5n4)cc3)cc2)cc1.c1ccc(N(c2ccc(-c3ccc(N(c4ccccc4)c4ccc(-n5nc6ccc7ccccc7c6n5)cc4)cc3)cc2)c2ccc(-n3nc4ccc5ccccc5c4n3)cc2)cc1. The van der Waals surface area contributed by atoms with E-state index in [9.17, 15) is 0 Å². The van der Waals surface area contributed by atoms with Gasteiger partial charge in [0.05, 0.1) is 22.7 Å². The van der Waals surface area contributed by atoms with Gasteiger partial charge >= 0.3 is 0 Å². The van der Waals surface area contributed by atoms with Crippen LogP contribution in [0.15, 0.2) is 485 Å². The third-order valence-electron chi connectivity index (χ3n) is 24.1. The molecule has 20 aromatic carbocycles. The molecule has 0 fully saturated rings. The van der Waals surface area contributed by atoms with E-state index in [2.05, 4.69) is 428 Å². The Labute approximate surface area is 761 Å². The molecule has 24 rings (SSSR count). The number of fused-ring (bicyclic) bond motifs is 8. The molecule has 0 aliphatic rings. The molecule has 0 saturated carbocycles. The highest BCUT2D eigenvalue weighted by Crippen LogP contribution is 2.43. The van der Waals surface area contributed by atoms with E-state index >= 15 is 0 Å². The summed E-state index contributed by atoms with van der Waals surface area (Å²) >= 11 is 0. The largest absolute Gasteiger partial charge is 0.311 e. The highest BCUT2D eigenvalue weighted by Gasteiger charge is 2.22. The fraction of sp³-hybridized carbons (Fsp3) is 0. The molecule has 0 spiro atoms. The van der Waals surface area contributed by atoms with Crippen molar-refractivity contribution in [2.24, 2.45) is 0 Å². The van der Waals surface area contributed by atoms with Crippen molar-refractivity contribution in [2.45, 2.75) is 0 Å². The number of hydrogen-bond acceptors (Lipinski definition) is 12. The van der Waals surface area contributed by atoms with E-state index in [-0.39, 0.29) is 0 Å². The Morgan fingerprint density at radius 1 is 0.129 bits per heavy atom. The molecule has 16 nitrogen and oxygen atoms in total. The number of hydrogen-bond donors (Lipinski definition) is 0. The van der Waals surface area contributed by atoms with E-state index in [1.165, 1.54) is 0 Å². The molecule has 0 amide bonds. The lowest BCUT2D eigenvalue weighted by Gasteiger charge is -2.26. The van der Waals surface area contributed by atoms with Gasteiger partial charge in [-0.2, -0.15) is 19.2 Å². The van der Waals surface area contributed by atoms with Gasteiger partial charge in [-0.05, 0) is 286 Å². The first kappa shape index (κ1) is 78.4. The van der Waals surface area contributed by atoms with Crippen molar-refractivity contribution in [1.82, 2.24) is 60.0 Å². The molecular weight excluding hydrogens is 1620 g/mol. The van der Waals surface area contributed by atoms with Crippen molar-refractivity contribution in [1.29, 1.82) is 0 Å². The minimum atomic E-state index is 0.870. The average molecular weight is 1700 g/mol. The van der Waals surface area contributed by atoms with Crippen LogP contribution in [-0.2, 0) is 0 Å². The molecule has 16 heteroatoms. The fourth-order valence-electron chi connectivity index (χ4n) is 17.4. The number of anilines is 12. The number of aromatic nitrogens is 12. The molecule has 4 aromatic heterocycles. The number of benzene rings is 20. The molecule has 0 saturated heterocycles. The van der Waals surface area contributed by atoms with Gasteiger partial charge < -0.3 is 19.6 Å². The Kier molecular flexibility index (Phi) is 20.5. The van der Waals surface area contributed by atoms with Crippen LogP contribution in [0.3, 0.4) is 0 Å². The first-order chi connectivity index (χ1) is 65.4. The Morgan fingerprint density at radius 3 is 0.545 bits per heavy atom. The zero-order valence-electron chi connectivity index (χ0n) is 71.3. The highest BCUT2D eigenvalue weighted by molar-refractivity contribution is 6.05. The van der Waals surface area contributed by atoms with Crippen molar-refractivity contribution in [2.75, 3.05) is 19.6 Å². The van der Waals surface area contributed by atoms with Crippen LogP contribution >= 0.6 is 0 Å². The van der Waals surface area contributed by atoms with Crippen LogP contribution in [0.2, 0.25) is 0 Å². The summed E-state index contributed by atoms with van der Waals surface area (Å²) in [5, 5.41) is 42.5. The molecule has 0 N–H and O–H groups in total. The standard InChI is InChI=1S/C60H42N8.C56H38N8/c1-3-11-49(12-4-1)65(53-35-23-45(24-36-53)47-27-39-55(40-28-47)67-61-57-15-7-8-16-58(57)62-67)51-31-19-43(20-32-51)44-21-33-52(34-22-44)66(50-13-5-2-6-14-50)54-37-25-46(26-38-54)48-29-41-56(42-30-48)68-63-59-17-9-10-18-60(59)64-68;1-3-13-43(14-4-1)61(47-29-33-49(34-30-47)63-57-53-37-23-41-11-7-9-17-51(41)55(53)59-63)45-25-19-39(20-26-45)40-21-27-46(28-22-40)62(44-15-5-2-6-16-44)48-31-35-50(36-32-48)64-58-54-38-24-42-12-8-10-18-52(42)56(54)60-64/h1-42H;1-38H. The minimum absolute atomic E-state index is 0.870. The molecule has 0 aliphatic carbocycles. The zero-order chi connectivity index (χ0) is 87.6. The molecular formula is C116H80N16. The van der Waals surface area contributed by atoms with Gasteiger partial charge in [0.15, 0.2) is 0 Å². The second kappa shape index (κ2) is 34.6. The predicted molar refractivity (Wildman–Crippen MR) is 538 cm³/mol. The van der Waals surface area contributed by atoms with Crippen molar-refractivity contribution in [3.63, 3.8) is 0 Å². The summed E-state index contributed by atoms with van der Waals surface area (Å²) in [7, 11) is 0. The Bertz CT molecular complexity index is 7630. The van der Waals surface area contributed by atoms with Gasteiger partial charge in [0.1, 0.15) is 44.1 Å². The summed E-state index contributed by atoms with van der Waals surface area (Å²) in [6.07, 6.45) is 0. The van der Waals surface area contributed by atoms with Crippen molar-refractivity contribution in [3.05, 3.63) is 485 Å². The third-order valence-corrected chi connectivity index (χ3v) is 24.1. The maximum atomic E-state index is 4.90. The lowest BCUT2D eigenvalue weighted by molar-refractivity contribution is 0.766. The molecule has 0 radical (unpaired) electrons. The second-order valence-corrected chi connectivity index (χ2v) is 32.3. The van der Waals surface area contributed by atoms with E-state index in [1.807, 2.05) is 97.1 Å². The zero-order valence-corrected chi connectivity index (χ0v) is 71.3. The number of nitrogens with zero attached hydrogens (tertiary/aromatic N) is 16. The molecule has 0 bridgehead atoms. The molecule has 4 heterocycles. The van der Waals surface area contributed by atoms with E-state index in [1.54, 1.807) is 19.2 Å². The Balaban J connectivity index is 0.000000150. The smallest absolute Gasteiger partial charge is 0.121 e. The first-order valence-electron chi connectivity index (χ1n) is 44.0. The van der Waals surface area contributed by atoms with Crippen LogP contribution in [-0.4, -0.2) is 60.0 Å². The van der Waals surface area contributed by atoms with Gasteiger partial charge in [0.25, 0.3) is 0 Å². The number of rotatable bonds is 20. The minimum Gasteiger partial charge on any atom is -0.311 e. The van der Waals surface area contributed by atoms with Crippen LogP contribution in [0.4, 0.5) is 68.2 Å². The normalized spacial score (nSPS) is 11.3. The predicted octanol–water partition coefficient (Wildman–Crippen LogP) is 29.2. The lowest BCUT2D eigenvalue weighted by atomic mass is 10.0. The van der Waals surface area contributed by atoms with Gasteiger partial charge in [-0.25, -0.2) is 0 Å². The summed E-state index contributed by atoms with van der Waals surface area (Å²) in [5.41, 5.74) is 32.5. The fourth-order valence-corrected chi connectivity index (χ4v) is 17.4. The Hall–Kier alpha value is -18.3. The highest BCUT2D eigenvalue weighted by atomic mass is 15.5. The van der Waals surface area contributed by atoms with Gasteiger partial charge in [-0.1, -0.05) is 255 Å². The van der Waals surface area contributed by atoms with Crippen molar-refractivity contribution in [3.8, 4) is 67.3 Å². The van der Waals surface area contributed by atoms with E-state index < -0.39 is 0 Å². The van der Waals surface area contributed by atoms with Gasteiger partial charge in [-0.3, -0.25) is 0 Å². The number of para-hydroxylation sites is 4. The molecule has 624 valence electrons. The van der Waals surface area contributed by atoms with Crippen molar-refractivity contribution >= 4 is 134 Å². The molecule has 0 unspecified atom stereocenters. The quantitative estimate of drug-likeness (QED) is 0.0718. The molecule has 132 heavy (non-hydrogen) atoms. The molecule has 0 aliphatic heterocycles. The van der Waals surface area contributed by atoms with Gasteiger partial charge in [-0.15, -0.1) is 40.8 Å². The van der Waals surface area contributed by atoms with E-state index in [0.717, 1.165) is 201 Å². The monoisotopic (exact) mass is 1700 g/mol. The average Bonchev–Trinajstić information content (AvgIpc) is 1.60. The van der Waals surface area contributed by atoms with Crippen LogP contribution in [0, 0.1) is 0 Å². The van der Waals surface area contributed by atoms with Crippen LogP contribution in [0.25, 0.3) is 133 Å². The summed E-state index contributed by atoms with van der Waals surface area (Å²) in [5.74, 6) is 0. The van der Waals surface area contributed by atoms with Gasteiger partial charge in [0.2, 0.25) is 0 Å². The summed E-state index contributed by atoms with van der Waals surface area (Å²) < 4.78 is 0. The van der Waals surface area contributed by atoms with E-state index in [4.69, 9.17) is 20.4 Å². The molecule has 24 aromatic rings.